The van der Waals surface area contributed by atoms with E-state index in [1.165, 1.54) is 5.56 Å². The van der Waals surface area contributed by atoms with Crippen molar-refractivity contribution < 1.29 is 0 Å². The minimum Gasteiger partial charge on any atom is -0.289 e. The van der Waals surface area contributed by atoms with E-state index in [9.17, 15) is 0 Å². The molecular formula is C27H24N4. The summed E-state index contributed by atoms with van der Waals surface area (Å²) in [6.45, 7) is 0.732. The number of para-hydroxylation sites is 2. The smallest absolute Gasteiger partial charge is 0.184 e. The monoisotopic (exact) mass is 404 g/mol. The van der Waals surface area contributed by atoms with Gasteiger partial charge < -0.3 is 0 Å². The average Bonchev–Trinajstić information content (AvgIpc) is 3.24. The van der Waals surface area contributed by atoms with Gasteiger partial charge in [-0.2, -0.15) is 5.10 Å². The van der Waals surface area contributed by atoms with Crippen molar-refractivity contribution in [2.75, 3.05) is 9.91 Å². The Hall–Kier alpha value is -3.89. The lowest BCUT2D eigenvalue weighted by Gasteiger charge is -2.32. The Labute approximate surface area is 183 Å². The van der Waals surface area contributed by atoms with Gasteiger partial charge in [-0.15, -0.1) is 0 Å². The normalized spacial score (nSPS) is 15.7. The van der Waals surface area contributed by atoms with E-state index in [2.05, 4.69) is 100 Å². The Morgan fingerprint density at radius 2 is 1.13 bits per heavy atom. The molecule has 1 unspecified atom stereocenters. The van der Waals surface area contributed by atoms with E-state index in [1.807, 2.05) is 36.4 Å². The summed E-state index contributed by atoms with van der Waals surface area (Å²) >= 11 is 0. The van der Waals surface area contributed by atoms with Crippen molar-refractivity contribution in [3.63, 3.8) is 0 Å². The van der Waals surface area contributed by atoms with Crippen LogP contribution in [0.2, 0.25) is 0 Å². The average molecular weight is 405 g/mol. The predicted molar refractivity (Wildman–Crippen MR) is 128 cm³/mol. The molecule has 0 spiro atoms. The van der Waals surface area contributed by atoms with Crippen LogP contribution in [-0.4, -0.2) is 12.1 Å². The maximum Gasteiger partial charge on any atom is 0.184 e. The Kier molecular flexibility index (Phi) is 5.46. The molecule has 1 aliphatic heterocycles. The van der Waals surface area contributed by atoms with Gasteiger partial charge in [0.1, 0.15) is 0 Å². The molecule has 1 N–H and O–H groups in total. The van der Waals surface area contributed by atoms with Crippen LogP contribution in [0.1, 0.15) is 11.1 Å². The number of amidine groups is 1. The Morgan fingerprint density at radius 3 is 1.74 bits per heavy atom. The van der Waals surface area contributed by atoms with Crippen molar-refractivity contribution in [3.05, 3.63) is 132 Å². The molecule has 0 fully saturated rings. The van der Waals surface area contributed by atoms with Crippen LogP contribution in [0.15, 0.2) is 126 Å². The fraction of sp³-hybridized carbons (Fsp3) is 0.0741. The molecule has 31 heavy (non-hydrogen) atoms. The predicted octanol–water partition coefficient (Wildman–Crippen LogP) is 5.45. The molecule has 0 aromatic heterocycles. The summed E-state index contributed by atoms with van der Waals surface area (Å²) in [5, 5.41) is 10.9. The third kappa shape index (κ3) is 4.06. The zero-order valence-corrected chi connectivity index (χ0v) is 17.2. The Morgan fingerprint density at radius 1 is 0.613 bits per heavy atom. The quantitative estimate of drug-likeness (QED) is 0.464. The van der Waals surface area contributed by atoms with Gasteiger partial charge in [0.25, 0.3) is 0 Å². The number of nitrogens with one attached hydrogen (secondary N) is 1. The van der Waals surface area contributed by atoms with Gasteiger partial charge in [-0.1, -0.05) is 97.1 Å². The van der Waals surface area contributed by atoms with E-state index in [1.54, 1.807) is 0 Å². The first-order chi connectivity index (χ1) is 15.4. The summed E-state index contributed by atoms with van der Waals surface area (Å²) in [6.07, 6.45) is -0.166. The minimum atomic E-state index is -0.166. The van der Waals surface area contributed by atoms with Gasteiger partial charge in [-0.3, -0.25) is 10.2 Å². The molecule has 152 valence electrons. The maximum absolute atomic E-state index is 5.09. The fourth-order valence-corrected chi connectivity index (χ4v) is 3.83. The van der Waals surface area contributed by atoms with Gasteiger partial charge in [0.2, 0.25) is 0 Å². The summed E-state index contributed by atoms with van der Waals surface area (Å²) < 4.78 is 0. The van der Waals surface area contributed by atoms with Crippen LogP contribution >= 0.6 is 0 Å². The van der Waals surface area contributed by atoms with Crippen LogP contribution in [0.3, 0.4) is 0 Å². The van der Waals surface area contributed by atoms with Gasteiger partial charge in [0.05, 0.1) is 5.69 Å². The number of hydrazone groups is 1. The summed E-state index contributed by atoms with van der Waals surface area (Å²) in [4.78, 5) is 2.27. The second kappa shape index (κ2) is 8.86. The van der Waals surface area contributed by atoms with Crippen LogP contribution in [0.5, 0.6) is 0 Å². The molecule has 4 nitrogen and oxygen atoms in total. The molecule has 4 heteroatoms. The summed E-state index contributed by atoms with van der Waals surface area (Å²) in [5.41, 5.74) is 4.45. The highest BCUT2D eigenvalue weighted by atomic mass is 15.7. The van der Waals surface area contributed by atoms with Crippen LogP contribution in [0.4, 0.5) is 11.4 Å². The summed E-state index contributed by atoms with van der Waals surface area (Å²) in [6, 6.07) is 41.6. The van der Waals surface area contributed by atoms with Crippen molar-refractivity contribution in [3.8, 4) is 0 Å². The second-order valence-electron chi connectivity index (χ2n) is 7.42. The zero-order valence-electron chi connectivity index (χ0n) is 17.2. The minimum absolute atomic E-state index is 0.166. The molecule has 0 bridgehead atoms. The van der Waals surface area contributed by atoms with Crippen molar-refractivity contribution in [2.45, 2.75) is 12.8 Å². The van der Waals surface area contributed by atoms with Crippen LogP contribution in [-0.2, 0) is 6.54 Å². The molecule has 0 amide bonds. The SMILES string of the molecule is c1ccc(CNC2N(c3ccccc3)N=C(c3ccccc3)N2c2ccccc2)cc1. The van der Waals surface area contributed by atoms with Crippen molar-refractivity contribution >= 4 is 17.2 Å². The highest BCUT2D eigenvalue weighted by molar-refractivity contribution is 6.12. The van der Waals surface area contributed by atoms with E-state index in [-0.39, 0.29) is 6.29 Å². The first-order valence-electron chi connectivity index (χ1n) is 10.5. The molecular weight excluding hydrogens is 380 g/mol. The number of anilines is 2. The van der Waals surface area contributed by atoms with Gasteiger partial charge in [0, 0.05) is 17.8 Å². The third-order valence-corrected chi connectivity index (χ3v) is 5.33. The highest BCUT2D eigenvalue weighted by Crippen LogP contribution is 2.30. The highest BCUT2D eigenvalue weighted by Gasteiger charge is 2.36. The van der Waals surface area contributed by atoms with Gasteiger partial charge in [-0.25, -0.2) is 5.01 Å². The molecule has 4 aromatic rings. The zero-order chi connectivity index (χ0) is 20.9. The first-order valence-corrected chi connectivity index (χ1v) is 10.5. The van der Waals surface area contributed by atoms with Crippen LogP contribution in [0.25, 0.3) is 0 Å². The van der Waals surface area contributed by atoms with E-state index in [4.69, 9.17) is 5.10 Å². The fourth-order valence-electron chi connectivity index (χ4n) is 3.83. The maximum atomic E-state index is 5.09. The molecule has 0 aliphatic carbocycles. The van der Waals surface area contributed by atoms with E-state index in [0.29, 0.717) is 0 Å². The van der Waals surface area contributed by atoms with E-state index >= 15 is 0 Å². The molecule has 1 atom stereocenters. The number of hydrogen-bond donors (Lipinski definition) is 1. The van der Waals surface area contributed by atoms with Gasteiger partial charge in [-0.05, 0) is 29.8 Å². The Bertz CT molecular complexity index is 1130. The molecule has 0 saturated carbocycles. The second-order valence-corrected chi connectivity index (χ2v) is 7.42. The lowest BCUT2D eigenvalue weighted by molar-refractivity contribution is 0.522. The molecule has 4 aromatic carbocycles. The number of nitrogens with zero attached hydrogens (tertiary/aromatic N) is 3. The van der Waals surface area contributed by atoms with Gasteiger partial charge in [0.15, 0.2) is 12.1 Å². The van der Waals surface area contributed by atoms with Crippen molar-refractivity contribution in [1.29, 1.82) is 0 Å². The third-order valence-electron chi connectivity index (χ3n) is 5.33. The molecule has 1 aliphatic rings. The molecule has 0 saturated heterocycles. The number of benzene rings is 4. The molecule has 0 radical (unpaired) electrons. The largest absolute Gasteiger partial charge is 0.289 e. The standard InChI is InChI=1S/C27H24N4/c1-5-13-22(14-6-1)21-28-27-30(24-17-9-3-10-18-24)26(23-15-7-2-8-16-23)29-31(27)25-19-11-4-12-20-25/h1-20,27-28H,21H2. The lowest BCUT2D eigenvalue weighted by atomic mass is 10.1. The van der Waals surface area contributed by atoms with Crippen molar-refractivity contribution in [2.24, 2.45) is 5.10 Å². The topological polar surface area (TPSA) is 30.9 Å². The molecule has 1 heterocycles. The summed E-state index contributed by atoms with van der Waals surface area (Å²) in [7, 11) is 0. The van der Waals surface area contributed by atoms with E-state index in [0.717, 1.165) is 29.3 Å². The number of rotatable bonds is 6. The summed E-state index contributed by atoms with van der Waals surface area (Å²) in [5.74, 6) is 0.918. The van der Waals surface area contributed by atoms with Crippen molar-refractivity contribution in [1.82, 2.24) is 5.32 Å². The van der Waals surface area contributed by atoms with E-state index < -0.39 is 0 Å². The van der Waals surface area contributed by atoms with Gasteiger partial charge >= 0.3 is 0 Å². The lowest BCUT2D eigenvalue weighted by Crippen LogP contribution is -2.52. The van der Waals surface area contributed by atoms with Crippen LogP contribution in [0, 0.1) is 0 Å². The molecule has 5 rings (SSSR count). The van der Waals surface area contributed by atoms with Crippen LogP contribution < -0.4 is 15.2 Å². The number of hydrogen-bond acceptors (Lipinski definition) is 4. The first kappa shape index (κ1) is 19.1. The Balaban J connectivity index is 1.58.